The second kappa shape index (κ2) is 7.01. The Kier molecular flexibility index (Phi) is 4.93. The van der Waals surface area contributed by atoms with Gasteiger partial charge in [-0.05, 0) is 61.7 Å². The molecule has 2 heterocycles. The summed E-state index contributed by atoms with van der Waals surface area (Å²) in [4.78, 5) is 5.85. The molecular formula is C24H28OS2Si. The minimum absolute atomic E-state index is 0.486. The van der Waals surface area contributed by atoms with Crippen LogP contribution in [0.15, 0.2) is 36.9 Å². The Hall–Kier alpha value is -1.62. The lowest BCUT2D eigenvalue weighted by Gasteiger charge is -2.33. The van der Waals surface area contributed by atoms with E-state index in [1.807, 2.05) is 28.7 Å². The smallest absolute Gasteiger partial charge is 0.121 e. The second-order valence-corrected chi connectivity index (χ2v) is 15.6. The Bertz CT molecular complexity index is 1020. The highest BCUT2D eigenvalue weighted by Gasteiger charge is 2.45. The average molecular weight is 425 g/mol. The predicted octanol–water partition coefficient (Wildman–Crippen LogP) is 6.88. The van der Waals surface area contributed by atoms with Gasteiger partial charge < -0.3 is 4.74 Å². The van der Waals surface area contributed by atoms with Crippen LogP contribution in [0.25, 0.3) is 9.75 Å². The summed E-state index contributed by atoms with van der Waals surface area (Å²) < 4.78 is 6.23. The second-order valence-electron chi connectivity index (χ2n) is 8.50. The third-order valence-electron chi connectivity index (χ3n) is 5.78. The van der Waals surface area contributed by atoms with Gasteiger partial charge in [0.05, 0.1) is 8.07 Å². The lowest BCUT2D eigenvalue weighted by atomic mass is 10.1. The minimum atomic E-state index is -1.93. The lowest BCUT2D eigenvalue weighted by molar-refractivity contribution is 0.363. The molecule has 0 aliphatic heterocycles. The summed E-state index contributed by atoms with van der Waals surface area (Å²) in [6.45, 7) is 18.3. The highest BCUT2D eigenvalue weighted by atomic mass is 32.1. The molecule has 2 aromatic heterocycles. The summed E-state index contributed by atoms with van der Waals surface area (Å²) in [5, 5.41) is 1.43. The largest absolute Gasteiger partial charge is 0.489 e. The summed E-state index contributed by atoms with van der Waals surface area (Å²) >= 11 is 3.92. The molecule has 3 aromatic rings. The first-order valence-electron chi connectivity index (χ1n) is 9.80. The van der Waals surface area contributed by atoms with Gasteiger partial charge in [-0.25, -0.2) is 0 Å². The molecule has 0 bridgehead atoms. The van der Waals surface area contributed by atoms with Crippen molar-refractivity contribution >= 4 is 35.9 Å². The molecule has 0 atom stereocenters. The topological polar surface area (TPSA) is 9.23 Å². The van der Waals surface area contributed by atoms with Gasteiger partial charge in [0.1, 0.15) is 12.4 Å². The van der Waals surface area contributed by atoms with E-state index < -0.39 is 8.07 Å². The van der Waals surface area contributed by atoms with E-state index in [0.29, 0.717) is 12.1 Å². The van der Waals surface area contributed by atoms with Crippen LogP contribution in [0.5, 0.6) is 5.75 Å². The van der Waals surface area contributed by atoms with Crippen LogP contribution in [0.1, 0.15) is 37.5 Å². The quantitative estimate of drug-likeness (QED) is 0.320. The van der Waals surface area contributed by atoms with Crippen molar-refractivity contribution < 1.29 is 4.74 Å². The van der Waals surface area contributed by atoms with Gasteiger partial charge in [0.2, 0.25) is 0 Å². The first-order chi connectivity index (χ1) is 13.2. The van der Waals surface area contributed by atoms with Crippen molar-refractivity contribution in [1.82, 2.24) is 0 Å². The van der Waals surface area contributed by atoms with E-state index >= 15 is 0 Å². The number of aryl methyl sites for hydroxylation is 4. The highest BCUT2D eigenvalue weighted by molar-refractivity contribution is 7.23. The molecule has 0 fully saturated rings. The van der Waals surface area contributed by atoms with Gasteiger partial charge in [-0.2, -0.15) is 0 Å². The Labute approximate surface area is 177 Å². The molecule has 0 radical (unpaired) electrons. The van der Waals surface area contributed by atoms with Gasteiger partial charge in [0.15, 0.2) is 0 Å². The van der Waals surface area contributed by atoms with Crippen molar-refractivity contribution in [2.24, 2.45) is 0 Å². The standard InChI is InChI=1S/C24H28OS2Si/c1-8-9-25-21-15(3)10-14(2)11-20(21)28(6,7)24-18-12-16(4)26-22(18)23-19(24)13-17(5)27-23/h8,10-13,24H,1,9H2,2-7H3. The zero-order valence-corrected chi connectivity index (χ0v) is 20.2. The number of hydrogen-bond acceptors (Lipinski definition) is 3. The van der Waals surface area contributed by atoms with Crippen molar-refractivity contribution in [2.75, 3.05) is 6.61 Å². The van der Waals surface area contributed by atoms with Crippen molar-refractivity contribution in [3.05, 3.63) is 68.9 Å². The van der Waals surface area contributed by atoms with E-state index in [1.54, 1.807) is 11.1 Å². The summed E-state index contributed by atoms with van der Waals surface area (Å²) in [6, 6.07) is 9.50. The molecule has 4 rings (SSSR count). The molecule has 28 heavy (non-hydrogen) atoms. The Morgan fingerprint density at radius 3 is 2.07 bits per heavy atom. The molecule has 1 aliphatic carbocycles. The maximum Gasteiger partial charge on any atom is 0.121 e. The van der Waals surface area contributed by atoms with Crippen molar-refractivity contribution in [1.29, 1.82) is 0 Å². The van der Waals surface area contributed by atoms with Gasteiger partial charge >= 0.3 is 0 Å². The van der Waals surface area contributed by atoms with Crippen LogP contribution in [0, 0.1) is 27.7 Å². The summed E-state index contributed by atoms with van der Waals surface area (Å²) in [7, 11) is -1.93. The van der Waals surface area contributed by atoms with Gasteiger partial charge in [0, 0.05) is 25.0 Å². The molecule has 0 saturated carbocycles. The van der Waals surface area contributed by atoms with Crippen LogP contribution < -0.4 is 9.92 Å². The predicted molar refractivity (Wildman–Crippen MR) is 128 cm³/mol. The van der Waals surface area contributed by atoms with E-state index in [2.05, 4.69) is 71.6 Å². The molecule has 1 aromatic carbocycles. The first kappa shape index (κ1) is 19.7. The van der Waals surface area contributed by atoms with Crippen LogP contribution in [0.2, 0.25) is 13.1 Å². The highest BCUT2D eigenvalue weighted by Crippen LogP contribution is 2.55. The summed E-state index contributed by atoms with van der Waals surface area (Å²) in [5.74, 6) is 1.08. The van der Waals surface area contributed by atoms with E-state index in [-0.39, 0.29) is 0 Å². The fraction of sp³-hybridized carbons (Fsp3) is 0.333. The molecule has 0 spiro atoms. The van der Waals surface area contributed by atoms with Gasteiger partial charge in [-0.1, -0.05) is 43.4 Å². The third-order valence-corrected chi connectivity index (χ3v) is 11.9. The van der Waals surface area contributed by atoms with Gasteiger partial charge in [-0.3, -0.25) is 0 Å². The van der Waals surface area contributed by atoms with E-state index in [0.717, 1.165) is 5.75 Å². The maximum absolute atomic E-state index is 6.23. The molecule has 0 unspecified atom stereocenters. The molecule has 0 amide bonds. The molecular weight excluding hydrogens is 396 g/mol. The van der Waals surface area contributed by atoms with Crippen molar-refractivity contribution in [3.8, 4) is 15.5 Å². The van der Waals surface area contributed by atoms with E-state index in [4.69, 9.17) is 4.74 Å². The average Bonchev–Trinajstić information content (AvgIpc) is 3.22. The Morgan fingerprint density at radius 2 is 1.54 bits per heavy atom. The van der Waals surface area contributed by atoms with Crippen molar-refractivity contribution in [2.45, 2.75) is 46.3 Å². The van der Waals surface area contributed by atoms with Crippen LogP contribution in [-0.4, -0.2) is 14.7 Å². The van der Waals surface area contributed by atoms with Crippen molar-refractivity contribution in [3.63, 3.8) is 0 Å². The number of thiophene rings is 2. The van der Waals surface area contributed by atoms with Crippen LogP contribution in [0.3, 0.4) is 0 Å². The summed E-state index contributed by atoms with van der Waals surface area (Å²) in [6.07, 6.45) is 1.84. The zero-order valence-electron chi connectivity index (χ0n) is 17.6. The third kappa shape index (κ3) is 3.02. The van der Waals surface area contributed by atoms with Crippen LogP contribution >= 0.6 is 22.7 Å². The molecule has 4 heteroatoms. The zero-order chi connectivity index (χ0) is 20.2. The molecule has 0 N–H and O–H groups in total. The minimum Gasteiger partial charge on any atom is -0.489 e. The first-order valence-corrected chi connectivity index (χ1v) is 14.5. The molecule has 0 saturated heterocycles. The number of hydrogen-bond donors (Lipinski definition) is 0. The monoisotopic (exact) mass is 424 g/mol. The van der Waals surface area contributed by atoms with Crippen LogP contribution in [0.4, 0.5) is 0 Å². The van der Waals surface area contributed by atoms with Gasteiger partial charge in [0.25, 0.3) is 0 Å². The Balaban J connectivity index is 1.93. The fourth-order valence-corrected chi connectivity index (χ4v) is 11.0. The summed E-state index contributed by atoms with van der Waals surface area (Å²) in [5.41, 5.74) is 6.14. The molecule has 1 aliphatic rings. The molecule has 146 valence electrons. The van der Waals surface area contributed by atoms with E-state index in [1.165, 1.54) is 35.8 Å². The lowest BCUT2D eigenvalue weighted by Crippen LogP contribution is -2.48. The number of benzene rings is 1. The Morgan fingerprint density at radius 1 is 0.964 bits per heavy atom. The normalized spacial score (nSPS) is 13.5. The number of rotatable bonds is 5. The number of ether oxygens (including phenoxy) is 1. The fourth-order valence-electron chi connectivity index (χ4n) is 4.72. The molecule has 1 nitrogen and oxygen atoms in total. The van der Waals surface area contributed by atoms with Crippen LogP contribution in [-0.2, 0) is 0 Å². The van der Waals surface area contributed by atoms with Gasteiger partial charge in [-0.15, -0.1) is 22.7 Å². The van der Waals surface area contributed by atoms with E-state index in [9.17, 15) is 0 Å². The number of fused-ring (bicyclic) bond motifs is 3. The SMILES string of the molecule is C=CCOc1c(C)cc(C)cc1[Si](C)(C)C1c2cc(C)sc2-c2sc(C)cc21. The maximum atomic E-state index is 6.23.